The molecule has 3 aliphatic heterocycles. The first-order valence-electron chi connectivity index (χ1n) is 43.2. The SMILES string of the molecule is CC(C)(C)c1ccc(COC[C@H]2O[C@@H](O[C@@H]3[C@@H](OCc4ccc(C(C)(C)C)cc4)[C@H](N)C[C@H](N)[C@H]3O[C@H]3O[C@H](CN)[C@@H](OCc4ccc(C(C)(C)C)cc4)[C@H](OCc4ccc(C(C)(C)C)cc4)[C@H]3N)[C@H](OCc3ccc(C(C)(C)C)cc3)[C@@H]2O[C@H]2O[C@@H](CN)[C@@H](OCc3ccc(C(C)(C)C)cc3)[C@H](OCc3ccc(C(C)(C)C)cc3)[C@H]2N)cc1. The van der Waals surface area contributed by atoms with Gasteiger partial charge in [0.1, 0.15) is 73.2 Å². The number of ether oxygens (including phenoxy) is 13. The van der Waals surface area contributed by atoms with E-state index in [-0.39, 0.29) is 110 Å². The second-order valence-electron chi connectivity index (χ2n) is 40.9. The van der Waals surface area contributed by atoms with E-state index < -0.39 is 116 Å². The van der Waals surface area contributed by atoms with Gasteiger partial charge in [-0.25, -0.2) is 0 Å². The van der Waals surface area contributed by atoms with Crippen molar-refractivity contribution in [1.82, 2.24) is 0 Å². The Morgan fingerprint density at radius 2 is 0.479 bits per heavy atom. The zero-order valence-corrected chi connectivity index (χ0v) is 75.2. The van der Waals surface area contributed by atoms with Crippen LogP contribution in [0.5, 0.6) is 0 Å². The first-order chi connectivity index (χ1) is 55.9. The summed E-state index contributed by atoms with van der Waals surface area (Å²) < 4.78 is 93.9. The molecule has 19 heteroatoms. The van der Waals surface area contributed by atoms with Gasteiger partial charge in [-0.15, -0.1) is 0 Å². The largest absolute Gasteiger partial charge is 0.374 e. The second kappa shape index (κ2) is 39.3. The van der Waals surface area contributed by atoms with Crippen molar-refractivity contribution in [3.05, 3.63) is 248 Å². The Labute approximate surface area is 711 Å². The minimum Gasteiger partial charge on any atom is -0.374 e. The fourth-order valence-corrected chi connectivity index (χ4v) is 16.0. The van der Waals surface area contributed by atoms with Crippen LogP contribution in [0.15, 0.2) is 170 Å². The summed E-state index contributed by atoms with van der Waals surface area (Å²) in [5.74, 6) is 0. The topological polar surface area (TPSA) is 276 Å². The van der Waals surface area contributed by atoms with Crippen LogP contribution in [-0.2, 0) is 146 Å². The monoisotopic (exact) mass is 1640 g/mol. The zero-order chi connectivity index (χ0) is 86.3. The molecular weight excluding hydrogens is 1490 g/mol. The second-order valence-corrected chi connectivity index (χ2v) is 40.9. The molecule has 1 aliphatic carbocycles. The summed E-state index contributed by atoms with van der Waals surface area (Å²) in [6.07, 6.45) is -14.3. The van der Waals surface area contributed by atoms with Crippen LogP contribution in [0.2, 0.25) is 0 Å². The van der Waals surface area contributed by atoms with Crippen LogP contribution in [0.4, 0.5) is 0 Å². The molecule has 0 aromatic heterocycles. The van der Waals surface area contributed by atoms with Crippen LogP contribution in [0.3, 0.4) is 0 Å². The maximum Gasteiger partial charge on any atom is 0.187 e. The van der Waals surface area contributed by atoms with Gasteiger partial charge in [0.15, 0.2) is 18.9 Å². The minimum absolute atomic E-state index is 0.00879. The average Bonchev–Trinajstić information content (AvgIpc) is 1.70. The van der Waals surface area contributed by atoms with Gasteiger partial charge in [0, 0.05) is 25.2 Å². The van der Waals surface area contributed by atoms with Crippen molar-refractivity contribution in [2.24, 2.45) is 34.4 Å². The minimum atomic E-state index is -1.29. The van der Waals surface area contributed by atoms with Crippen LogP contribution < -0.4 is 34.4 Å². The number of hydrogen-bond acceptors (Lipinski definition) is 19. The lowest BCUT2D eigenvalue weighted by Gasteiger charge is -2.49. The lowest BCUT2D eigenvalue weighted by atomic mass is 9.84. The summed E-state index contributed by atoms with van der Waals surface area (Å²) in [5, 5.41) is 0. The van der Waals surface area contributed by atoms with E-state index in [2.05, 4.69) is 315 Å². The highest BCUT2D eigenvalue weighted by molar-refractivity contribution is 5.34. The zero-order valence-electron chi connectivity index (χ0n) is 75.2. The van der Waals surface area contributed by atoms with E-state index in [1.54, 1.807) is 0 Å². The summed E-state index contributed by atoms with van der Waals surface area (Å²) in [4.78, 5) is 0. The smallest absolute Gasteiger partial charge is 0.187 e. The summed E-state index contributed by atoms with van der Waals surface area (Å²) in [6.45, 7) is 47.5. The highest BCUT2D eigenvalue weighted by Gasteiger charge is 2.57. The molecule has 19 nitrogen and oxygen atoms in total. The Kier molecular flexibility index (Phi) is 30.9. The molecule has 7 aromatic carbocycles. The number of rotatable bonds is 30. The molecule has 0 unspecified atom stereocenters. The molecular formula is C100H144N6O13. The third-order valence-corrected chi connectivity index (χ3v) is 24.0. The van der Waals surface area contributed by atoms with E-state index in [9.17, 15) is 0 Å². The normalized spacial score (nSPS) is 27.6. The van der Waals surface area contributed by atoms with E-state index >= 15 is 0 Å². The lowest BCUT2D eigenvalue weighted by Crippen LogP contribution is -2.69. The Hall–Kier alpha value is -6.22. The molecule has 0 spiro atoms. The van der Waals surface area contributed by atoms with E-state index in [1.165, 1.54) is 33.4 Å². The van der Waals surface area contributed by atoms with Gasteiger partial charge in [0.25, 0.3) is 0 Å². The molecule has 119 heavy (non-hydrogen) atoms. The molecule has 7 aromatic rings. The molecule has 0 radical (unpaired) electrons. The molecule has 3 heterocycles. The Balaban J connectivity index is 0.985. The molecule has 19 atom stereocenters. The van der Waals surface area contributed by atoms with Gasteiger partial charge in [0.05, 0.1) is 64.9 Å². The van der Waals surface area contributed by atoms with Crippen LogP contribution in [0.1, 0.15) is 230 Å². The van der Waals surface area contributed by atoms with E-state index in [0.717, 1.165) is 44.5 Å². The fraction of sp³-hybridized carbons (Fsp3) is 0.580. The number of hydrogen-bond donors (Lipinski definition) is 6. The van der Waals surface area contributed by atoms with E-state index in [1.807, 2.05) is 0 Å². The highest BCUT2D eigenvalue weighted by atomic mass is 16.8. The van der Waals surface area contributed by atoms with Gasteiger partial charge >= 0.3 is 0 Å². The fourth-order valence-electron chi connectivity index (χ4n) is 16.0. The molecule has 4 aliphatic rings. The molecule has 3 saturated heterocycles. The maximum absolute atomic E-state index is 7.75. The summed E-state index contributed by atoms with van der Waals surface area (Å²) in [6, 6.07) is 55.8. The molecule has 1 saturated carbocycles. The highest BCUT2D eigenvalue weighted by Crippen LogP contribution is 2.41. The standard InChI is InChI=1S/C100H144N6O13/c1-94(2,3)68-36-22-61(23-37-68)53-107-60-79-86(118-92-81(106)88(112-58-66-32-46-73(47-33-66)99(16,17)18)85(78(52-102)115-92)110-56-64-28-42-71(43-29-64)97(10,11)12)90(113-59-67-34-48-74(49-35-67)100(19,20)21)93(116-79)119-89-82(108-54-62-24-38-69(39-25-62)95(4,5)6)75(103)50-76(104)83(89)117-91-80(105)87(111-57-65-30-44-72(45-31-65)98(13,14)15)84(77(51-101)114-91)109-55-63-26-40-70(41-27-63)96(7,8)9/h22-49,75-93H,50-60,101-106H2,1-21H3/t75-,76+,77-,78+,79-,80-,81-,82+,83-,84-,85-,86-,87-,88-,89-,90-,91-,92-,93+/m1/s1. The lowest BCUT2D eigenvalue weighted by molar-refractivity contribution is -0.318. The van der Waals surface area contributed by atoms with E-state index in [0.29, 0.717) is 0 Å². The summed E-state index contributed by atoms with van der Waals surface area (Å²) in [7, 11) is 0. The van der Waals surface area contributed by atoms with Gasteiger partial charge in [-0.2, -0.15) is 0 Å². The predicted molar refractivity (Wildman–Crippen MR) is 472 cm³/mol. The van der Waals surface area contributed by atoms with Crippen molar-refractivity contribution < 1.29 is 61.6 Å². The molecule has 12 N–H and O–H groups in total. The maximum atomic E-state index is 7.75. The Morgan fingerprint density at radius 3 is 0.756 bits per heavy atom. The quantitative estimate of drug-likeness (QED) is 0.0244. The van der Waals surface area contributed by atoms with E-state index in [4.69, 9.17) is 96.0 Å². The van der Waals surface area contributed by atoms with Crippen LogP contribution in [0, 0.1) is 0 Å². The first kappa shape index (κ1) is 93.5. The van der Waals surface area contributed by atoms with Crippen molar-refractivity contribution in [3.63, 3.8) is 0 Å². The van der Waals surface area contributed by atoms with Crippen LogP contribution in [-0.4, -0.2) is 136 Å². The van der Waals surface area contributed by atoms with Crippen LogP contribution >= 0.6 is 0 Å². The predicted octanol–water partition coefficient (Wildman–Crippen LogP) is 15.8. The van der Waals surface area contributed by atoms with Crippen molar-refractivity contribution >= 4 is 0 Å². The van der Waals surface area contributed by atoms with Gasteiger partial charge in [0.2, 0.25) is 0 Å². The van der Waals surface area contributed by atoms with Gasteiger partial charge in [-0.3, -0.25) is 0 Å². The molecule has 0 amide bonds. The van der Waals surface area contributed by atoms with Crippen molar-refractivity contribution in [2.45, 2.75) is 352 Å². The average molecular weight is 1640 g/mol. The van der Waals surface area contributed by atoms with Gasteiger partial charge in [-0.05, 0) is 122 Å². The molecule has 4 fully saturated rings. The Morgan fingerprint density at radius 1 is 0.252 bits per heavy atom. The third kappa shape index (κ3) is 24.6. The van der Waals surface area contributed by atoms with Crippen molar-refractivity contribution in [3.8, 4) is 0 Å². The van der Waals surface area contributed by atoms with Gasteiger partial charge in [-0.1, -0.05) is 315 Å². The van der Waals surface area contributed by atoms with Crippen molar-refractivity contribution in [1.29, 1.82) is 0 Å². The molecule has 0 bridgehead atoms. The molecule has 11 rings (SSSR count). The van der Waals surface area contributed by atoms with Crippen molar-refractivity contribution in [2.75, 3.05) is 19.7 Å². The van der Waals surface area contributed by atoms with Crippen LogP contribution in [0.25, 0.3) is 0 Å². The van der Waals surface area contributed by atoms with Gasteiger partial charge < -0.3 is 96.0 Å². The third-order valence-electron chi connectivity index (χ3n) is 24.0. The number of nitrogens with two attached hydrogens (primary N) is 6. The summed E-state index contributed by atoms with van der Waals surface area (Å²) >= 11 is 0. The molecule has 652 valence electrons. The number of benzene rings is 7. The Bertz CT molecular complexity index is 4250. The first-order valence-corrected chi connectivity index (χ1v) is 43.2. The summed E-state index contributed by atoms with van der Waals surface area (Å²) in [5.41, 5.74) is 58.5.